The van der Waals surface area contributed by atoms with Gasteiger partial charge in [0.25, 0.3) is 11.9 Å². The van der Waals surface area contributed by atoms with Crippen molar-refractivity contribution in [1.29, 1.82) is 0 Å². The van der Waals surface area contributed by atoms with E-state index in [1.54, 1.807) is 36.5 Å². The molecule has 0 spiro atoms. The van der Waals surface area contributed by atoms with Crippen LogP contribution in [0.2, 0.25) is 0 Å². The average Bonchev–Trinajstić information content (AvgIpc) is 2.90. The molecule has 0 N–H and O–H groups in total. The monoisotopic (exact) mass is 300 g/mol. The zero-order valence-corrected chi connectivity index (χ0v) is 11.4. The first-order valence-electron chi connectivity index (χ1n) is 6.26. The van der Waals surface area contributed by atoms with Crippen molar-refractivity contribution in [2.75, 3.05) is 0 Å². The van der Waals surface area contributed by atoms with Crippen LogP contribution in [-0.2, 0) is 28.5 Å². The molecule has 0 bridgehead atoms. The fraction of sp³-hybridized carbons (Fsp3) is 0. The molecular weight excluding hydrogens is 288 g/mol. The molecule has 6 heteroatoms. The van der Waals surface area contributed by atoms with Crippen LogP contribution in [0.1, 0.15) is 0 Å². The van der Waals surface area contributed by atoms with Crippen LogP contribution in [0.25, 0.3) is 0 Å². The molecule has 0 atom stereocenters. The summed E-state index contributed by atoms with van der Waals surface area (Å²) in [6.45, 7) is 0. The molecule has 0 saturated carbocycles. The summed E-state index contributed by atoms with van der Waals surface area (Å²) in [5, 5.41) is 0. The van der Waals surface area contributed by atoms with Crippen LogP contribution in [0.3, 0.4) is 0 Å². The van der Waals surface area contributed by atoms with E-state index >= 15 is 0 Å². The Balaban J connectivity index is 1.83. The van der Waals surface area contributed by atoms with E-state index < -0.39 is 11.9 Å². The topological polar surface area (TPSA) is 71.1 Å². The van der Waals surface area contributed by atoms with Gasteiger partial charge in [-0.25, -0.2) is 9.59 Å². The lowest BCUT2D eigenvalue weighted by Gasteiger charge is -2.04. The van der Waals surface area contributed by atoms with E-state index in [0.29, 0.717) is 0 Å². The molecule has 2 rings (SSSR count). The molecule has 0 fully saturated rings. The second-order valence-corrected chi connectivity index (χ2v) is 3.81. The minimum Gasteiger partial charge on any atom is -0.434 e. The van der Waals surface area contributed by atoms with E-state index in [2.05, 4.69) is 0 Å². The van der Waals surface area contributed by atoms with Crippen molar-refractivity contribution in [2.24, 2.45) is 0 Å². The molecule has 0 aliphatic carbocycles. The van der Waals surface area contributed by atoms with Crippen LogP contribution in [0.15, 0.2) is 85.2 Å². The van der Waals surface area contributed by atoms with E-state index in [0.717, 1.165) is 12.2 Å². The highest BCUT2D eigenvalue weighted by Crippen LogP contribution is 2.07. The first-order chi connectivity index (χ1) is 10.7. The van der Waals surface area contributed by atoms with Crippen LogP contribution >= 0.6 is 0 Å². The third kappa shape index (κ3) is 5.38. The molecule has 0 unspecified atom stereocenters. The molecule has 6 nitrogen and oxygen atoms in total. The van der Waals surface area contributed by atoms with Gasteiger partial charge in [0.15, 0.2) is 0 Å². The van der Waals surface area contributed by atoms with Gasteiger partial charge in [-0.15, -0.1) is 0 Å². The van der Waals surface area contributed by atoms with Gasteiger partial charge in [0.1, 0.15) is 0 Å². The second kappa shape index (κ2) is 8.11. The summed E-state index contributed by atoms with van der Waals surface area (Å²) in [5.41, 5.74) is 0. The van der Waals surface area contributed by atoms with Crippen molar-refractivity contribution in [3.8, 4) is 0 Å². The Labute approximate surface area is 126 Å². The number of rotatable bonds is 4. The summed E-state index contributed by atoms with van der Waals surface area (Å²) >= 11 is 0. The van der Waals surface area contributed by atoms with Crippen LogP contribution < -0.4 is 0 Å². The van der Waals surface area contributed by atoms with Gasteiger partial charge in [-0.3, -0.25) is 0 Å². The van der Waals surface area contributed by atoms with Crippen molar-refractivity contribution in [2.45, 2.75) is 0 Å². The predicted molar refractivity (Wildman–Crippen MR) is 76.2 cm³/mol. The molecule has 0 aromatic rings. The normalized spacial score (nSPS) is 16.0. The molecule has 112 valence electrons. The van der Waals surface area contributed by atoms with Crippen LogP contribution in [0.4, 0.5) is 0 Å². The van der Waals surface area contributed by atoms with Gasteiger partial charge in [-0.05, 0) is 12.2 Å². The Kier molecular flexibility index (Phi) is 5.57. The summed E-state index contributed by atoms with van der Waals surface area (Å²) in [7, 11) is 0. The Morgan fingerprint density at radius 3 is 1.64 bits per heavy atom. The summed E-state index contributed by atoms with van der Waals surface area (Å²) in [5.74, 6) is -1.55. The van der Waals surface area contributed by atoms with Gasteiger partial charge in [0.2, 0.25) is 0 Å². The Morgan fingerprint density at radius 2 is 1.18 bits per heavy atom. The van der Waals surface area contributed by atoms with E-state index in [4.69, 9.17) is 18.9 Å². The quantitative estimate of drug-likeness (QED) is 0.587. The molecule has 2 aliphatic heterocycles. The highest BCUT2D eigenvalue weighted by Gasteiger charge is 2.08. The average molecular weight is 300 g/mol. The van der Waals surface area contributed by atoms with E-state index in [1.807, 2.05) is 0 Å². The molecule has 0 aromatic heterocycles. The summed E-state index contributed by atoms with van der Waals surface area (Å²) in [6.07, 6.45) is 17.5. The number of carbonyl (C=O) groups is 2. The van der Waals surface area contributed by atoms with Crippen molar-refractivity contribution in [3.05, 3.63) is 85.2 Å². The maximum Gasteiger partial charge on any atom is 0.338 e. The first-order valence-corrected chi connectivity index (χ1v) is 6.26. The Morgan fingerprint density at radius 1 is 0.727 bits per heavy atom. The molecule has 2 aliphatic rings. The lowest BCUT2D eigenvalue weighted by molar-refractivity contribution is -0.140. The lowest BCUT2D eigenvalue weighted by Crippen LogP contribution is -2.05. The molecule has 0 radical (unpaired) electrons. The van der Waals surface area contributed by atoms with Crippen LogP contribution in [0.5, 0.6) is 0 Å². The third-order valence-corrected chi connectivity index (χ3v) is 2.19. The molecule has 2 heterocycles. The van der Waals surface area contributed by atoms with E-state index in [9.17, 15) is 9.59 Å². The number of hydrogen-bond donors (Lipinski definition) is 0. The van der Waals surface area contributed by atoms with Gasteiger partial charge >= 0.3 is 11.9 Å². The number of hydrogen-bond acceptors (Lipinski definition) is 6. The first kappa shape index (κ1) is 15.1. The molecular formula is C16H12O6. The third-order valence-electron chi connectivity index (χ3n) is 2.19. The van der Waals surface area contributed by atoms with Crippen molar-refractivity contribution >= 4 is 11.9 Å². The largest absolute Gasteiger partial charge is 0.434 e. The standard InChI is InChI=1S/C16H12O6/c17-13(21-15-7-3-1-5-11-19-15)9-10-14(18)22-16-8-4-2-6-12-20-16/h1-12H/b10-9-. The highest BCUT2D eigenvalue weighted by atomic mass is 16.7. The van der Waals surface area contributed by atoms with Gasteiger partial charge in [-0.1, -0.05) is 24.3 Å². The van der Waals surface area contributed by atoms with Gasteiger partial charge in [-0.2, -0.15) is 0 Å². The van der Waals surface area contributed by atoms with Gasteiger partial charge < -0.3 is 18.9 Å². The predicted octanol–water partition coefficient (Wildman–Crippen LogP) is 2.51. The Bertz CT molecular complexity index is 588. The fourth-order valence-electron chi connectivity index (χ4n) is 1.30. The Hall–Kier alpha value is -3.28. The maximum atomic E-state index is 11.5. The molecule has 0 amide bonds. The van der Waals surface area contributed by atoms with Gasteiger partial charge in [0.05, 0.1) is 12.5 Å². The summed E-state index contributed by atoms with van der Waals surface area (Å²) in [6, 6.07) is 0. The minimum atomic E-state index is -0.776. The fourth-order valence-corrected chi connectivity index (χ4v) is 1.30. The highest BCUT2D eigenvalue weighted by molar-refractivity contribution is 5.92. The molecule has 22 heavy (non-hydrogen) atoms. The summed E-state index contributed by atoms with van der Waals surface area (Å²) < 4.78 is 19.7. The number of carbonyl (C=O) groups excluding carboxylic acids is 2. The number of esters is 2. The second-order valence-electron chi connectivity index (χ2n) is 3.81. The van der Waals surface area contributed by atoms with Crippen molar-refractivity contribution in [1.82, 2.24) is 0 Å². The van der Waals surface area contributed by atoms with Gasteiger partial charge in [0, 0.05) is 24.3 Å². The van der Waals surface area contributed by atoms with Crippen LogP contribution in [0, 0.1) is 0 Å². The van der Waals surface area contributed by atoms with Crippen LogP contribution in [-0.4, -0.2) is 11.9 Å². The molecule has 0 aromatic carbocycles. The van der Waals surface area contributed by atoms with E-state index in [1.165, 1.54) is 24.7 Å². The zero-order valence-electron chi connectivity index (χ0n) is 11.4. The minimum absolute atomic E-state index is 0.00176. The number of ether oxygens (including phenoxy) is 4. The van der Waals surface area contributed by atoms with E-state index in [-0.39, 0.29) is 11.9 Å². The smallest absolute Gasteiger partial charge is 0.338 e. The zero-order chi connectivity index (χ0) is 15.6. The summed E-state index contributed by atoms with van der Waals surface area (Å²) in [4.78, 5) is 23.0. The molecule has 0 saturated heterocycles. The van der Waals surface area contributed by atoms with Crippen molar-refractivity contribution < 1.29 is 28.5 Å². The maximum absolute atomic E-state index is 11.5. The SMILES string of the molecule is O=C(/C=C\C(=O)OC1=CC=CC=CO1)OC1=CC=CC=CO1. The number of allylic oxidation sites excluding steroid dienone is 8. The lowest BCUT2D eigenvalue weighted by atomic mass is 10.4. The van der Waals surface area contributed by atoms with Crippen molar-refractivity contribution in [3.63, 3.8) is 0 Å².